The van der Waals surface area contributed by atoms with Crippen LogP contribution in [0.4, 0.5) is 0 Å². The summed E-state index contributed by atoms with van der Waals surface area (Å²) in [5.74, 6) is -0.449. The third-order valence-electron chi connectivity index (χ3n) is 3.63. The summed E-state index contributed by atoms with van der Waals surface area (Å²) < 4.78 is 10.5. The summed E-state index contributed by atoms with van der Waals surface area (Å²) in [6.07, 6.45) is -0.180. The molecule has 0 aliphatic heterocycles. The van der Waals surface area contributed by atoms with Crippen LogP contribution >= 0.6 is 0 Å². The van der Waals surface area contributed by atoms with Gasteiger partial charge in [0.05, 0.1) is 17.2 Å². The molecule has 0 amide bonds. The summed E-state index contributed by atoms with van der Waals surface area (Å²) >= 11 is 0. The molecule has 0 saturated heterocycles. The zero-order valence-electron chi connectivity index (χ0n) is 15.3. The number of ether oxygens (including phenoxy) is 2. The van der Waals surface area contributed by atoms with Crippen LogP contribution in [0.2, 0.25) is 0 Å². The molecule has 0 bridgehead atoms. The van der Waals surface area contributed by atoms with Crippen molar-refractivity contribution in [2.75, 3.05) is 0 Å². The topological polar surface area (TPSA) is 52.6 Å². The standard InChI is InChI=1S/C21H24O4/c1-14(2)24-19(22)16-8-12-18(13-9-16)25-20(23)15-6-10-17(11-7-15)21(3,4)5/h6-14H,1-5H3. The summed E-state index contributed by atoms with van der Waals surface area (Å²) in [6.45, 7) is 9.93. The lowest BCUT2D eigenvalue weighted by atomic mass is 9.87. The molecular formula is C21H24O4. The van der Waals surface area contributed by atoms with Crippen molar-refractivity contribution < 1.29 is 19.1 Å². The molecule has 4 heteroatoms. The first-order valence-electron chi connectivity index (χ1n) is 8.30. The van der Waals surface area contributed by atoms with Crippen molar-refractivity contribution in [2.45, 2.75) is 46.1 Å². The van der Waals surface area contributed by atoms with E-state index in [0.717, 1.165) is 5.56 Å². The fourth-order valence-electron chi connectivity index (χ4n) is 2.21. The molecule has 0 spiro atoms. The van der Waals surface area contributed by atoms with Crippen LogP contribution in [0.3, 0.4) is 0 Å². The Labute approximate surface area is 148 Å². The SMILES string of the molecule is CC(C)OC(=O)c1ccc(OC(=O)c2ccc(C(C)(C)C)cc2)cc1. The average Bonchev–Trinajstić information content (AvgIpc) is 2.54. The predicted molar refractivity (Wildman–Crippen MR) is 97.1 cm³/mol. The predicted octanol–water partition coefficient (Wildman–Crippen LogP) is 4.77. The van der Waals surface area contributed by atoms with Crippen LogP contribution in [0.5, 0.6) is 5.75 Å². The minimum atomic E-state index is -0.432. The van der Waals surface area contributed by atoms with E-state index in [0.29, 0.717) is 16.9 Å². The Morgan fingerprint density at radius 3 is 1.76 bits per heavy atom. The Morgan fingerprint density at radius 1 is 0.800 bits per heavy atom. The largest absolute Gasteiger partial charge is 0.459 e. The molecule has 0 saturated carbocycles. The van der Waals surface area contributed by atoms with Crippen LogP contribution < -0.4 is 4.74 Å². The lowest BCUT2D eigenvalue weighted by Gasteiger charge is -2.18. The molecule has 0 atom stereocenters. The number of hydrogen-bond acceptors (Lipinski definition) is 4. The maximum Gasteiger partial charge on any atom is 0.343 e. The maximum atomic E-state index is 12.2. The number of hydrogen-bond donors (Lipinski definition) is 0. The van der Waals surface area contributed by atoms with E-state index < -0.39 is 11.9 Å². The number of esters is 2. The van der Waals surface area contributed by atoms with Crippen molar-refractivity contribution >= 4 is 11.9 Å². The van der Waals surface area contributed by atoms with Crippen molar-refractivity contribution in [3.63, 3.8) is 0 Å². The first-order chi connectivity index (χ1) is 11.7. The molecule has 0 aliphatic rings. The first-order valence-corrected chi connectivity index (χ1v) is 8.30. The molecule has 0 fully saturated rings. The molecule has 0 N–H and O–H groups in total. The maximum absolute atomic E-state index is 12.2. The first kappa shape index (κ1) is 18.7. The molecule has 0 unspecified atom stereocenters. The van der Waals surface area contributed by atoms with Gasteiger partial charge in [-0.05, 0) is 61.2 Å². The Hall–Kier alpha value is -2.62. The molecule has 0 aromatic heterocycles. The lowest BCUT2D eigenvalue weighted by molar-refractivity contribution is 0.0378. The van der Waals surface area contributed by atoms with Gasteiger partial charge in [-0.25, -0.2) is 9.59 Å². The van der Waals surface area contributed by atoms with E-state index in [1.54, 1.807) is 50.2 Å². The van der Waals surface area contributed by atoms with Crippen molar-refractivity contribution in [2.24, 2.45) is 0 Å². The second-order valence-electron chi connectivity index (χ2n) is 7.20. The minimum absolute atomic E-state index is 0.0306. The van der Waals surface area contributed by atoms with Gasteiger partial charge in [-0.15, -0.1) is 0 Å². The van der Waals surface area contributed by atoms with Gasteiger partial charge < -0.3 is 9.47 Å². The average molecular weight is 340 g/mol. The molecule has 0 aliphatic carbocycles. The molecule has 2 rings (SSSR count). The highest BCUT2D eigenvalue weighted by molar-refractivity contribution is 5.92. The van der Waals surface area contributed by atoms with Gasteiger partial charge in [-0.1, -0.05) is 32.9 Å². The van der Waals surface area contributed by atoms with E-state index in [2.05, 4.69) is 20.8 Å². The zero-order chi connectivity index (χ0) is 18.6. The normalized spacial score (nSPS) is 11.3. The highest BCUT2D eigenvalue weighted by Gasteiger charge is 2.15. The van der Waals surface area contributed by atoms with Crippen LogP contribution in [-0.2, 0) is 10.2 Å². The third kappa shape index (κ3) is 5.18. The number of benzene rings is 2. The molecule has 2 aromatic rings. The van der Waals surface area contributed by atoms with E-state index in [9.17, 15) is 9.59 Å². The summed E-state index contributed by atoms with van der Waals surface area (Å²) in [7, 11) is 0. The van der Waals surface area contributed by atoms with Crippen LogP contribution in [-0.4, -0.2) is 18.0 Å². The zero-order valence-corrected chi connectivity index (χ0v) is 15.3. The smallest absolute Gasteiger partial charge is 0.343 e. The van der Waals surface area contributed by atoms with Crippen LogP contribution in [0.25, 0.3) is 0 Å². The van der Waals surface area contributed by atoms with Gasteiger partial charge in [0.15, 0.2) is 0 Å². The van der Waals surface area contributed by atoms with Crippen LogP contribution in [0, 0.1) is 0 Å². The highest BCUT2D eigenvalue weighted by atomic mass is 16.5. The molecule has 4 nitrogen and oxygen atoms in total. The number of carbonyl (C=O) groups is 2. The van der Waals surface area contributed by atoms with Crippen LogP contribution in [0.15, 0.2) is 48.5 Å². The lowest BCUT2D eigenvalue weighted by Crippen LogP contribution is -2.13. The van der Waals surface area contributed by atoms with Crippen molar-refractivity contribution in [1.82, 2.24) is 0 Å². The number of rotatable bonds is 4. The van der Waals surface area contributed by atoms with Gasteiger partial charge in [0, 0.05) is 0 Å². The van der Waals surface area contributed by atoms with E-state index >= 15 is 0 Å². The monoisotopic (exact) mass is 340 g/mol. The molecule has 0 heterocycles. The Balaban J connectivity index is 2.04. The van der Waals surface area contributed by atoms with Crippen LogP contribution in [0.1, 0.15) is 60.9 Å². The van der Waals surface area contributed by atoms with Gasteiger partial charge in [0.1, 0.15) is 5.75 Å². The van der Waals surface area contributed by atoms with E-state index in [1.807, 2.05) is 12.1 Å². The quantitative estimate of drug-likeness (QED) is 0.594. The summed E-state index contributed by atoms with van der Waals surface area (Å²) in [6, 6.07) is 13.7. The Kier molecular flexibility index (Phi) is 5.62. The van der Waals surface area contributed by atoms with Gasteiger partial charge in [-0.3, -0.25) is 0 Å². The second kappa shape index (κ2) is 7.51. The van der Waals surface area contributed by atoms with Crippen molar-refractivity contribution in [3.05, 3.63) is 65.2 Å². The summed E-state index contributed by atoms with van der Waals surface area (Å²) in [4.78, 5) is 24.0. The van der Waals surface area contributed by atoms with E-state index in [1.165, 1.54) is 0 Å². The fourth-order valence-corrected chi connectivity index (χ4v) is 2.21. The van der Waals surface area contributed by atoms with Gasteiger partial charge in [-0.2, -0.15) is 0 Å². The second-order valence-corrected chi connectivity index (χ2v) is 7.20. The number of carbonyl (C=O) groups excluding carboxylic acids is 2. The molecule has 25 heavy (non-hydrogen) atoms. The summed E-state index contributed by atoms with van der Waals surface area (Å²) in [5, 5.41) is 0. The van der Waals surface area contributed by atoms with E-state index in [4.69, 9.17) is 9.47 Å². The molecule has 2 aromatic carbocycles. The van der Waals surface area contributed by atoms with Crippen molar-refractivity contribution in [3.8, 4) is 5.75 Å². The van der Waals surface area contributed by atoms with Gasteiger partial charge >= 0.3 is 11.9 Å². The Morgan fingerprint density at radius 2 is 1.28 bits per heavy atom. The van der Waals surface area contributed by atoms with Gasteiger partial charge in [0.2, 0.25) is 0 Å². The molecule has 0 radical (unpaired) electrons. The summed E-state index contributed by atoms with van der Waals surface area (Å²) in [5.41, 5.74) is 2.08. The fraction of sp³-hybridized carbons (Fsp3) is 0.333. The third-order valence-corrected chi connectivity index (χ3v) is 3.63. The minimum Gasteiger partial charge on any atom is -0.459 e. The Bertz CT molecular complexity index is 735. The van der Waals surface area contributed by atoms with Gasteiger partial charge in [0.25, 0.3) is 0 Å². The molecule has 132 valence electrons. The highest BCUT2D eigenvalue weighted by Crippen LogP contribution is 2.23. The molecular weight excluding hydrogens is 316 g/mol. The van der Waals surface area contributed by atoms with Crippen molar-refractivity contribution in [1.29, 1.82) is 0 Å². The van der Waals surface area contributed by atoms with E-state index in [-0.39, 0.29) is 11.5 Å².